The van der Waals surface area contributed by atoms with Crippen LogP contribution in [0.1, 0.15) is 19.8 Å². The zero-order chi connectivity index (χ0) is 11.0. The number of carboxylic acids is 1. The van der Waals surface area contributed by atoms with E-state index in [-0.39, 0.29) is 18.9 Å². The van der Waals surface area contributed by atoms with Crippen LogP contribution in [0.15, 0.2) is 0 Å². The van der Waals surface area contributed by atoms with Crippen LogP contribution >= 0.6 is 0 Å². The van der Waals surface area contributed by atoms with Gasteiger partial charge in [0.2, 0.25) is 5.91 Å². The van der Waals surface area contributed by atoms with Gasteiger partial charge in [0.1, 0.15) is 0 Å². The number of hydrogen-bond donors (Lipinski definition) is 1. The Bertz CT molecular complexity index is 193. The monoisotopic (exact) mass is 203 g/mol. The van der Waals surface area contributed by atoms with Crippen LogP contribution in [0.2, 0.25) is 0 Å². The maximum absolute atomic E-state index is 11.3. The van der Waals surface area contributed by atoms with Crippen LogP contribution < -0.4 is 0 Å². The normalized spacial score (nSPS) is 9.86. The van der Waals surface area contributed by atoms with Gasteiger partial charge in [-0.15, -0.1) is 0 Å². The first-order valence-electron chi connectivity index (χ1n) is 4.61. The van der Waals surface area contributed by atoms with Crippen LogP contribution in [-0.2, 0) is 14.3 Å². The van der Waals surface area contributed by atoms with E-state index in [4.69, 9.17) is 9.84 Å². The molecular formula is C9H17NO4. The number of carbonyl (C=O) groups is 2. The van der Waals surface area contributed by atoms with Gasteiger partial charge in [-0.3, -0.25) is 9.59 Å². The minimum atomic E-state index is -0.894. The Morgan fingerprint density at radius 3 is 2.50 bits per heavy atom. The molecule has 0 saturated carbocycles. The van der Waals surface area contributed by atoms with E-state index >= 15 is 0 Å². The zero-order valence-corrected chi connectivity index (χ0v) is 8.65. The molecule has 0 aliphatic heterocycles. The molecule has 0 atom stereocenters. The first-order chi connectivity index (χ1) is 6.57. The van der Waals surface area contributed by atoms with Gasteiger partial charge in [-0.2, -0.15) is 0 Å². The lowest BCUT2D eigenvalue weighted by molar-refractivity contribution is -0.138. The second-order valence-electron chi connectivity index (χ2n) is 2.91. The molecule has 0 aliphatic rings. The van der Waals surface area contributed by atoms with Gasteiger partial charge in [-0.25, -0.2) is 0 Å². The summed E-state index contributed by atoms with van der Waals surface area (Å²) in [7, 11) is 1.59. The molecule has 1 N–H and O–H groups in total. The molecule has 0 bridgehead atoms. The van der Waals surface area contributed by atoms with Crippen LogP contribution in [0.3, 0.4) is 0 Å². The molecule has 0 fully saturated rings. The summed E-state index contributed by atoms with van der Waals surface area (Å²) in [6, 6.07) is 0. The maximum atomic E-state index is 11.3. The summed E-state index contributed by atoms with van der Waals surface area (Å²) in [5.41, 5.74) is 0. The van der Waals surface area contributed by atoms with Crippen LogP contribution in [0.25, 0.3) is 0 Å². The quantitative estimate of drug-likeness (QED) is 0.606. The van der Waals surface area contributed by atoms with Crippen LogP contribution in [0, 0.1) is 0 Å². The minimum absolute atomic E-state index is 0.0170. The van der Waals surface area contributed by atoms with Crippen molar-refractivity contribution in [2.45, 2.75) is 19.8 Å². The molecule has 0 rings (SSSR count). The Morgan fingerprint density at radius 2 is 2.00 bits per heavy atom. The minimum Gasteiger partial charge on any atom is -0.481 e. The number of nitrogens with zero attached hydrogens (tertiary/aromatic N) is 1. The standard InChI is InChI=1S/C9H17NO4/c1-3-14-7-5-8(11)10(2)6-4-9(12)13/h3-7H2,1-2H3,(H,12,13). The van der Waals surface area contributed by atoms with Crippen LogP contribution in [-0.4, -0.2) is 48.7 Å². The van der Waals surface area contributed by atoms with Gasteiger partial charge >= 0.3 is 5.97 Å². The topological polar surface area (TPSA) is 66.8 Å². The van der Waals surface area contributed by atoms with Gasteiger partial charge in [0.15, 0.2) is 0 Å². The van der Waals surface area contributed by atoms with Gasteiger partial charge in [-0.05, 0) is 6.92 Å². The van der Waals surface area contributed by atoms with Crippen molar-refractivity contribution in [2.75, 3.05) is 26.8 Å². The van der Waals surface area contributed by atoms with E-state index < -0.39 is 5.97 Å². The van der Waals surface area contributed by atoms with Crippen molar-refractivity contribution in [2.24, 2.45) is 0 Å². The predicted octanol–water partition coefficient (Wildman–Crippen LogP) is 0.346. The summed E-state index contributed by atoms with van der Waals surface area (Å²) in [5.74, 6) is -0.978. The van der Waals surface area contributed by atoms with E-state index in [1.54, 1.807) is 7.05 Å². The van der Waals surface area contributed by atoms with Crippen LogP contribution in [0.5, 0.6) is 0 Å². The Labute approximate surface area is 83.6 Å². The van der Waals surface area contributed by atoms with Gasteiger partial charge in [-0.1, -0.05) is 0 Å². The zero-order valence-electron chi connectivity index (χ0n) is 8.65. The number of aliphatic carboxylic acids is 1. The van der Waals surface area contributed by atoms with Gasteiger partial charge in [0, 0.05) is 20.2 Å². The van der Waals surface area contributed by atoms with E-state index in [9.17, 15) is 9.59 Å². The Morgan fingerprint density at radius 1 is 1.36 bits per heavy atom. The fraction of sp³-hybridized carbons (Fsp3) is 0.778. The highest BCUT2D eigenvalue weighted by molar-refractivity contribution is 5.76. The van der Waals surface area contributed by atoms with Crippen molar-refractivity contribution in [1.82, 2.24) is 4.90 Å². The second-order valence-corrected chi connectivity index (χ2v) is 2.91. The van der Waals surface area contributed by atoms with Crippen molar-refractivity contribution in [1.29, 1.82) is 0 Å². The molecule has 82 valence electrons. The Kier molecular flexibility index (Phi) is 6.74. The molecule has 0 saturated heterocycles. The first-order valence-corrected chi connectivity index (χ1v) is 4.61. The third-order valence-electron chi connectivity index (χ3n) is 1.75. The lowest BCUT2D eigenvalue weighted by Gasteiger charge is -2.15. The molecule has 5 heteroatoms. The summed E-state index contributed by atoms with van der Waals surface area (Å²) in [4.78, 5) is 22.9. The van der Waals surface area contributed by atoms with Crippen LogP contribution in [0.4, 0.5) is 0 Å². The maximum Gasteiger partial charge on any atom is 0.305 e. The summed E-state index contributed by atoms with van der Waals surface area (Å²) < 4.78 is 5.02. The van der Waals surface area contributed by atoms with E-state index in [2.05, 4.69) is 0 Å². The lowest BCUT2D eigenvalue weighted by Crippen LogP contribution is -2.29. The molecular weight excluding hydrogens is 186 g/mol. The van der Waals surface area contributed by atoms with Crippen molar-refractivity contribution < 1.29 is 19.4 Å². The lowest BCUT2D eigenvalue weighted by atomic mass is 10.3. The number of ether oxygens (including phenoxy) is 1. The van der Waals surface area contributed by atoms with Gasteiger partial charge in [0.05, 0.1) is 19.4 Å². The molecule has 5 nitrogen and oxygen atoms in total. The predicted molar refractivity (Wildman–Crippen MR) is 51.0 cm³/mol. The fourth-order valence-electron chi connectivity index (χ4n) is 0.883. The number of carbonyl (C=O) groups excluding carboxylic acids is 1. The van der Waals surface area contributed by atoms with Crippen molar-refractivity contribution in [3.05, 3.63) is 0 Å². The Hall–Kier alpha value is -1.10. The molecule has 0 aliphatic carbocycles. The molecule has 0 spiro atoms. The largest absolute Gasteiger partial charge is 0.481 e. The summed E-state index contributed by atoms with van der Waals surface area (Å²) >= 11 is 0. The fourth-order valence-corrected chi connectivity index (χ4v) is 0.883. The van der Waals surface area contributed by atoms with Crippen molar-refractivity contribution >= 4 is 11.9 Å². The van der Waals surface area contributed by atoms with Crippen molar-refractivity contribution in [3.63, 3.8) is 0 Å². The average Bonchev–Trinajstić information content (AvgIpc) is 2.14. The number of carboxylic acid groups (broad SMARTS) is 1. The highest BCUT2D eigenvalue weighted by Crippen LogP contribution is 1.94. The second kappa shape index (κ2) is 7.32. The Balaban J connectivity index is 3.59. The molecule has 0 aromatic rings. The highest BCUT2D eigenvalue weighted by atomic mass is 16.5. The summed E-state index contributed by atoms with van der Waals surface area (Å²) in [6.45, 7) is 3.10. The third-order valence-corrected chi connectivity index (χ3v) is 1.75. The van der Waals surface area contributed by atoms with Gasteiger partial charge in [0.25, 0.3) is 0 Å². The van der Waals surface area contributed by atoms with E-state index in [0.29, 0.717) is 19.6 Å². The molecule has 0 heterocycles. The molecule has 0 radical (unpaired) electrons. The van der Waals surface area contributed by atoms with Crippen molar-refractivity contribution in [3.8, 4) is 0 Å². The number of rotatable bonds is 7. The highest BCUT2D eigenvalue weighted by Gasteiger charge is 2.09. The third kappa shape index (κ3) is 6.42. The molecule has 0 unspecified atom stereocenters. The molecule has 14 heavy (non-hydrogen) atoms. The van der Waals surface area contributed by atoms with E-state index in [1.807, 2.05) is 6.92 Å². The van der Waals surface area contributed by atoms with Gasteiger partial charge < -0.3 is 14.7 Å². The smallest absolute Gasteiger partial charge is 0.305 e. The molecule has 0 aromatic carbocycles. The molecule has 0 aromatic heterocycles. The van der Waals surface area contributed by atoms with E-state index in [1.165, 1.54) is 4.90 Å². The average molecular weight is 203 g/mol. The first kappa shape index (κ1) is 12.9. The number of amides is 1. The summed E-state index contributed by atoms with van der Waals surface area (Å²) in [5, 5.41) is 8.40. The number of hydrogen-bond acceptors (Lipinski definition) is 3. The summed E-state index contributed by atoms with van der Waals surface area (Å²) in [6.07, 6.45) is 0.292. The SMILES string of the molecule is CCOCCC(=O)N(C)CCC(=O)O. The van der Waals surface area contributed by atoms with E-state index in [0.717, 1.165) is 0 Å². The molecule has 1 amide bonds.